The summed E-state index contributed by atoms with van der Waals surface area (Å²) in [6, 6.07) is 4.28. The molecule has 0 saturated carbocycles. The predicted octanol–water partition coefficient (Wildman–Crippen LogP) is 2.09. The molecule has 0 amide bonds. The zero-order valence-electron chi connectivity index (χ0n) is 15.5. The molecule has 25 heavy (non-hydrogen) atoms. The van der Waals surface area contributed by atoms with E-state index in [2.05, 4.69) is 41.3 Å². The monoisotopic (exact) mass is 343 g/mol. The molecule has 0 atom stereocenters. The van der Waals surface area contributed by atoms with Crippen LogP contribution in [0.3, 0.4) is 0 Å². The van der Waals surface area contributed by atoms with Gasteiger partial charge in [-0.3, -0.25) is 4.68 Å². The van der Waals surface area contributed by atoms with Crippen molar-refractivity contribution in [3.63, 3.8) is 0 Å². The summed E-state index contributed by atoms with van der Waals surface area (Å²) in [5.41, 5.74) is 5.70. The van der Waals surface area contributed by atoms with E-state index >= 15 is 0 Å². The molecule has 1 fully saturated rings. The number of aromatic nitrogens is 3. The van der Waals surface area contributed by atoms with Gasteiger partial charge in [-0.05, 0) is 39.7 Å². The first-order chi connectivity index (χ1) is 12.1. The third-order valence-corrected chi connectivity index (χ3v) is 4.96. The van der Waals surface area contributed by atoms with E-state index < -0.39 is 0 Å². The molecule has 2 N–H and O–H groups in total. The second-order valence-corrected chi connectivity index (χ2v) is 6.83. The van der Waals surface area contributed by atoms with Crippen molar-refractivity contribution in [1.29, 1.82) is 0 Å². The lowest BCUT2D eigenvalue weighted by Crippen LogP contribution is -2.23. The van der Waals surface area contributed by atoms with Crippen LogP contribution in [0.4, 0.5) is 5.82 Å². The Hall–Kier alpha value is -1.92. The lowest BCUT2D eigenvalue weighted by atomic mass is 10.1. The fourth-order valence-corrected chi connectivity index (χ4v) is 3.54. The van der Waals surface area contributed by atoms with Gasteiger partial charge in [0.2, 0.25) is 0 Å². The lowest BCUT2D eigenvalue weighted by Gasteiger charge is -2.21. The zero-order valence-corrected chi connectivity index (χ0v) is 15.5. The van der Waals surface area contributed by atoms with Crippen LogP contribution in [-0.2, 0) is 19.6 Å². The average Bonchev–Trinajstić information content (AvgIpc) is 3.20. The van der Waals surface area contributed by atoms with Crippen LogP contribution < -0.4 is 10.2 Å². The van der Waals surface area contributed by atoms with Gasteiger partial charge in [-0.2, -0.15) is 5.10 Å². The molecule has 0 aliphatic carbocycles. The molecule has 0 bridgehead atoms. The SMILES string of the molecule is Cc1ccc(CNCc2c(C)nn(CCO)c2C)c(N2CCCC2)n1. The van der Waals surface area contributed by atoms with Crippen LogP contribution in [0.25, 0.3) is 0 Å². The first-order valence-electron chi connectivity index (χ1n) is 9.16. The van der Waals surface area contributed by atoms with Crippen molar-refractivity contribution in [1.82, 2.24) is 20.1 Å². The maximum absolute atomic E-state index is 9.14. The molecule has 1 saturated heterocycles. The number of pyridine rings is 1. The van der Waals surface area contributed by atoms with Crippen LogP contribution in [0.1, 0.15) is 41.1 Å². The normalized spacial score (nSPS) is 14.5. The summed E-state index contributed by atoms with van der Waals surface area (Å²) in [4.78, 5) is 7.19. The van der Waals surface area contributed by atoms with Crippen LogP contribution in [0, 0.1) is 20.8 Å². The molecule has 0 spiro atoms. The van der Waals surface area contributed by atoms with Crippen LogP contribution in [0.5, 0.6) is 0 Å². The molecule has 2 aromatic heterocycles. The maximum atomic E-state index is 9.14. The lowest BCUT2D eigenvalue weighted by molar-refractivity contribution is 0.267. The maximum Gasteiger partial charge on any atom is 0.133 e. The highest BCUT2D eigenvalue weighted by Crippen LogP contribution is 2.23. The third kappa shape index (κ3) is 4.02. The first-order valence-corrected chi connectivity index (χ1v) is 9.16. The molecule has 1 aliphatic rings. The number of aliphatic hydroxyl groups excluding tert-OH is 1. The van der Waals surface area contributed by atoms with E-state index in [1.54, 1.807) is 0 Å². The predicted molar refractivity (Wildman–Crippen MR) is 99.8 cm³/mol. The minimum Gasteiger partial charge on any atom is -0.394 e. The van der Waals surface area contributed by atoms with E-state index in [0.29, 0.717) is 6.54 Å². The van der Waals surface area contributed by atoms with Crippen molar-refractivity contribution in [2.24, 2.45) is 0 Å². The van der Waals surface area contributed by atoms with Gasteiger partial charge < -0.3 is 15.3 Å². The number of anilines is 1. The molecule has 1 aliphatic heterocycles. The van der Waals surface area contributed by atoms with E-state index in [1.807, 2.05) is 11.6 Å². The molecule has 0 unspecified atom stereocenters. The fraction of sp³-hybridized carbons (Fsp3) is 0.579. The van der Waals surface area contributed by atoms with Gasteiger partial charge in [0.15, 0.2) is 0 Å². The number of aliphatic hydroxyl groups is 1. The third-order valence-electron chi connectivity index (χ3n) is 4.96. The smallest absolute Gasteiger partial charge is 0.133 e. The Morgan fingerprint density at radius 1 is 1.12 bits per heavy atom. The van der Waals surface area contributed by atoms with E-state index in [9.17, 15) is 0 Å². The second kappa shape index (κ2) is 7.97. The second-order valence-electron chi connectivity index (χ2n) is 6.83. The van der Waals surface area contributed by atoms with Gasteiger partial charge in [0, 0.05) is 48.7 Å². The van der Waals surface area contributed by atoms with Crippen molar-refractivity contribution >= 4 is 5.82 Å². The molecule has 3 heterocycles. The Labute approximate surface area is 149 Å². The van der Waals surface area contributed by atoms with Crippen molar-refractivity contribution in [3.8, 4) is 0 Å². The van der Waals surface area contributed by atoms with Crippen LogP contribution in [0.15, 0.2) is 12.1 Å². The van der Waals surface area contributed by atoms with Gasteiger partial charge in [-0.15, -0.1) is 0 Å². The molecule has 2 aromatic rings. The molecular formula is C19H29N5O. The Balaban J connectivity index is 1.68. The Bertz CT molecular complexity index is 719. The molecule has 6 nitrogen and oxygen atoms in total. The topological polar surface area (TPSA) is 66.2 Å². The van der Waals surface area contributed by atoms with E-state index in [1.165, 1.54) is 24.0 Å². The summed E-state index contributed by atoms with van der Waals surface area (Å²) in [6.07, 6.45) is 2.51. The molecule has 0 radical (unpaired) electrons. The minimum absolute atomic E-state index is 0.114. The number of rotatable bonds is 7. The highest BCUT2D eigenvalue weighted by atomic mass is 16.3. The number of aryl methyl sites for hydroxylation is 2. The van der Waals surface area contributed by atoms with Gasteiger partial charge in [0.1, 0.15) is 5.82 Å². The van der Waals surface area contributed by atoms with Crippen molar-refractivity contribution in [2.75, 3.05) is 24.6 Å². The van der Waals surface area contributed by atoms with E-state index in [-0.39, 0.29) is 6.61 Å². The van der Waals surface area contributed by atoms with Gasteiger partial charge >= 0.3 is 0 Å². The summed E-state index contributed by atoms with van der Waals surface area (Å²) < 4.78 is 1.88. The van der Waals surface area contributed by atoms with Crippen LogP contribution in [-0.4, -0.2) is 39.6 Å². The highest BCUT2D eigenvalue weighted by molar-refractivity contribution is 5.48. The number of nitrogens with zero attached hydrogens (tertiary/aromatic N) is 4. The average molecular weight is 343 g/mol. The highest BCUT2D eigenvalue weighted by Gasteiger charge is 2.17. The van der Waals surface area contributed by atoms with Gasteiger partial charge in [0.05, 0.1) is 18.8 Å². The summed E-state index contributed by atoms with van der Waals surface area (Å²) in [5, 5.41) is 17.2. The summed E-state index contributed by atoms with van der Waals surface area (Å²) in [6.45, 7) is 10.6. The number of hydrogen-bond acceptors (Lipinski definition) is 5. The largest absolute Gasteiger partial charge is 0.394 e. The minimum atomic E-state index is 0.114. The number of nitrogens with one attached hydrogen (secondary N) is 1. The Morgan fingerprint density at radius 3 is 2.60 bits per heavy atom. The number of hydrogen-bond donors (Lipinski definition) is 2. The van der Waals surface area contributed by atoms with Gasteiger partial charge in [0.25, 0.3) is 0 Å². The molecule has 3 rings (SSSR count). The van der Waals surface area contributed by atoms with Gasteiger partial charge in [-0.25, -0.2) is 4.98 Å². The summed E-state index contributed by atoms with van der Waals surface area (Å²) in [7, 11) is 0. The standard InChI is InChI=1S/C19H29N5O/c1-14-6-7-17(19(21-14)23-8-4-5-9-23)12-20-13-18-15(2)22-24(10-11-25)16(18)3/h6-7,20,25H,4-5,8-13H2,1-3H3. The van der Waals surface area contributed by atoms with Crippen molar-refractivity contribution in [2.45, 2.75) is 53.2 Å². The molecule has 6 heteroatoms. The Kier molecular flexibility index (Phi) is 5.71. The first kappa shape index (κ1) is 17.9. The van der Waals surface area contributed by atoms with Crippen LogP contribution in [0.2, 0.25) is 0 Å². The van der Waals surface area contributed by atoms with E-state index in [4.69, 9.17) is 10.1 Å². The Morgan fingerprint density at radius 2 is 1.88 bits per heavy atom. The molecule has 136 valence electrons. The molecular weight excluding hydrogens is 314 g/mol. The summed E-state index contributed by atoms with van der Waals surface area (Å²) >= 11 is 0. The fourth-order valence-electron chi connectivity index (χ4n) is 3.54. The van der Waals surface area contributed by atoms with Crippen molar-refractivity contribution < 1.29 is 5.11 Å². The summed E-state index contributed by atoms with van der Waals surface area (Å²) in [5.74, 6) is 1.13. The van der Waals surface area contributed by atoms with Crippen LogP contribution >= 0.6 is 0 Å². The molecule has 0 aromatic carbocycles. The zero-order chi connectivity index (χ0) is 17.8. The van der Waals surface area contributed by atoms with E-state index in [0.717, 1.165) is 49.1 Å². The quantitative estimate of drug-likeness (QED) is 0.806. The van der Waals surface area contributed by atoms with Crippen molar-refractivity contribution in [3.05, 3.63) is 40.3 Å². The van der Waals surface area contributed by atoms with Gasteiger partial charge in [-0.1, -0.05) is 6.07 Å².